The van der Waals surface area contributed by atoms with Crippen LogP contribution in [0.15, 0.2) is 34.6 Å². The zero-order valence-electron chi connectivity index (χ0n) is 16.5. The van der Waals surface area contributed by atoms with Gasteiger partial charge in [-0.1, -0.05) is 0 Å². The molecule has 1 aromatic heterocycles. The van der Waals surface area contributed by atoms with Gasteiger partial charge in [0.15, 0.2) is 17.5 Å². The molecule has 2 aliphatic heterocycles. The molecule has 0 spiro atoms. The van der Waals surface area contributed by atoms with Crippen molar-refractivity contribution in [3.8, 4) is 11.5 Å². The summed E-state index contributed by atoms with van der Waals surface area (Å²) in [7, 11) is 1.79. The van der Waals surface area contributed by atoms with E-state index < -0.39 is 0 Å². The molecule has 0 radical (unpaired) electrons. The fourth-order valence-electron chi connectivity index (χ4n) is 3.58. The van der Waals surface area contributed by atoms with E-state index in [1.807, 2.05) is 29.5 Å². The molecule has 0 bridgehead atoms. The van der Waals surface area contributed by atoms with Crippen molar-refractivity contribution in [1.82, 2.24) is 10.2 Å². The monoisotopic (exact) mass is 400 g/mol. The summed E-state index contributed by atoms with van der Waals surface area (Å²) in [6.07, 6.45) is 2.06. The third kappa shape index (κ3) is 4.42. The summed E-state index contributed by atoms with van der Waals surface area (Å²) in [4.78, 5) is 8.44. The van der Waals surface area contributed by atoms with Gasteiger partial charge in [-0.25, -0.2) is 0 Å². The van der Waals surface area contributed by atoms with E-state index in [0.717, 1.165) is 55.6 Å². The van der Waals surface area contributed by atoms with Gasteiger partial charge in [0.1, 0.15) is 0 Å². The van der Waals surface area contributed by atoms with Gasteiger partial charge >= 0.3 is 0 Å². The van der Waals surface area contributed by atoms with E-state index in [4.69, 9.17) is 9.47 Å². The van der Waals surface area contributed by atoms with Gasteiger partial charge in [0, 0.05) is 55.8 Å². The molecule has 0 fully saturated rings. The number of thiophene rings is 1. The standard InChI is InChI=1S/C21H28N4O2S/c1-15(25-8-6-20-16(14-25)7-11-28-20)13-23-21(22-2)24-17-4-5-18-19(12-17)27-10-3-9-26-18/h4-5,7,11-12,15H,3,6,8-10,13-14H2,1-2H3,(H2,22,23,24). The maximum absolute atomic E-state index is 5.77. The number of nitrogens with one attached hydrogen (secondary N) is 2. The van der Waals surface area contributed by atoms with Crippen LogP contribution in [0.5, 0.6) is 11.5 Å². The van der Waals surface area contributed by atoms with E-state index >= 15 is 0 Å². The van der Waals surface area contributed by atoms with Crippen LogP contribution in [0.4, 0.5) is 5.69 Å². The summed E-state index contributed by atoms with van der Waals surface area (Å²) in [6.45, 7) is 6.64. The van der Waals surface area contributed by atoms with E-state index in [0.29, 0.717) is 19.3 Å². The van der Waals surface area contributed by atoms with Crippen LogP contribution in [-0.2, 0) is 13.0 Å². The highest BCUT2D eigenvalue weighted by atomic mass is 32.1. The highest BCUT2D eigenvalue weighted by molar-refractivity contribution is 7.10. The molecule has 3 heterocycles. The lowest BCUT2D eigenvalue weighted by atomic mass is 10.1. The number of guanidine groups is 1. The Kier molecular flexibility index (Phi) is 6.02. The number of nitrogens with zero attached hydrogens (tertiary/aromatic N) is 2. The molecule has 1 aromatic carbocycles. The Hall–Kier alpha value is -2.25. The van der Waals surface area contributed by atoms with Crippen molar-refractivity contribution in [1.29, 1.82) is 0 Å². The number of anilines is 1. The fourth-order valence-corrected chi connectivity index (χ4v) is 4.47. The predicted octanol–water partition coefficient (Wildman–Crippen LogP) is 3.34. The Morgan fingerprint density at radius 2 is 2.11 bits per heavy atom. The topological polar surface area (TPSA) is 58.1 Å². The molecule has 1 atom stereocenters. The van der Waals surface area contributed by atoms with Gasteiger partial charge in [0.2, 0.25) is 0 Å². The lowest BCUT2D eigenvalue weighted by Gasteiger charge is -2.32. The first-order chi connectivity index (χ1) is 13.7. The molecule has 6 nitrogen and oxygen atoms in total. The van der Waals surface area contributed by atoms with Gasteiger partial charge in [0.25, 0.3) is 0 Å². The number of benzene rings is 1. The van der Waals surface area contributed by atoms with Gasteiger partial charge in [-0.2, -0.15) is 0 Å². The normalized spacial score (nSPS) is 18.1. The van der Waals surface area contributed by atoms with Gasteiger partial charge in [-0.15, -0.1) is 11.3 Å². The maximum Gasteiger partial charge on any atom is 0.195 e. The minimum Gasteiger partial charge on any atom is -0.490 e. The zero-order chi connectivity index (χ0) is 19.3. The number of fused-ring (bicyclic) bond motifs is 2. The van der Waals surface area contributed by atoms with Crippen molar-refractivity contribution in [3.05, 3.63) is 40.1 Å². The first-order valence-corrected chi connectivity index (χ1v) is 10.8. The number of hydrogen-bond acceptors (Lipinski definition) is 5. The van der Waals surface area contributed by atoms with Crippen molar-refractivity contribution in [2.45, 2.75) is 32.4 Å². The molecule has 0 aliphatic carbocycles. The van der Waals surface area contributed by atoms with Crippen molar-refractivity contribution in [3.63, 3.8) is 0 Å². The van der Waals surface area contributed by atoms with Gasteiger partial charge < -0.3 is 20.1 Å². The molecule has 4 rings (SSSR count). The van der Waals surface area contributed by atoms with Gasteiger partial charge in [0.05, 0.1) is 13.2 Å². The molecule has 2 N–H and O–H groups in total. The van der Waals surface area contributed by atoms with Crippen LogP contribution in [-0.4, -0.2) is 50.3 Å². The molecule has 0 saturated heterocycles. The number of rotatable bonds is 4. The van der Waals surface area contributed by atoms with Crippen LogP contribution in [0, 0.1) is 0 Å². The average Bonchev–Trinajstić information content (AvgIpc) is 3.07. The minimum absolute atomic E-state index is 0.426. The predicted molar refractivity (Wildman–Crippen MR) is 115 cm³/mol. The summed E-state index contributed by atoms with van der Waals surface area (Å²) < 4.78 is 11.5. The molecular formula is C21H28N4O2S. The van der Waals surface area contributed by atoms with Crippen LogP contribution in [0.2, 0.25) is 0 Å². The Morgan fingerprint density at radius 3 is 2.96 bits per heavy atom. The van der Waals surface area contributed by atoms with Crippen molar-refractivity contribution >= 4 is 23.0 Å². The first kappa shape index (κ1) is 19.1. The van der Waals surface area contributed by atoms with E-state index in [1.165, 1.54) is 5.56 Å². The second kappa shape index (κ2) is 8.84. The highest BCUT2D eigenvalue weighted by Crippen LogP contribution is 2.32. The second-order valence-corrected chi connectivity index (χ2v) is 8.23. The molecule has 0 saturated carbocycles. The van der Waals surface area contributed by atoms with E-state index in [-0.39, 0.29) is 0 Å². The lowest BCUT2D eigenvalue weighted by molar-refractivity contribution is 0.193. The fraction of sp³-hybridized carbons (Fsp3) is 0.476. The van der Waals surface area contributed by atoms with Crippen molar-refractivity contribution in [2.75, 3.05) is 38.7 Å². The third-order valence-electron chi connectivity index (χ3n) is 5.26. The Labute approximate surface area is 170 Å². The second-order valence-electron chi connectivity index (χ2n) is 7.23. The van der Waals surface area contributed by atoms with Gasteiger partial charge in [-0.05, 0) is 42.5 Å². The van der Waals surface area contributed by atoms with Crippen LogP contribution in [0.3, 0.4) is 0 Å². The number of aliphatic imine (C=N–C) groups is 1. The first-order valence-electron chi connectivity index (χ1n) is 9.89. The molecular weight excluding hydrogens is 372 g/mol. The van der Waals surface area contributed by atoms with Crippen LogP contribution in [0.25, 0.3) is 0 Å². The molecule has 2 aromatic rings. The molecule has 28 heavy (non-hydrogen) atoms. The molecule has 150 valence electrons. The van der Waals surface area contributed by atoms with Crippen LogP contribution < -0.4 is 20.1 Å². The van der Waals surface area contributed by atoms with Gasteiger partial charge in [-0.3, -0.25) is 9.89 Å². The Bertz CT molecular complexity index is 836. The zero-order valence-corrected chi connectivity index (χ0v) is 17.3. The maximum atomic E-state index is 5.77. The molecule has 7 heteroatoms. The van der Waals surface area contributed by atoms with Crippen LogP contribution in [0.1, 0.15) is 23.8 Å². The minimum atomic E-state index is 0.426. The summed E-state index contributed by atoms with van der Waals surface area (Å²) in [5.41, 5.74) is 2.42. The lowest BCUT2D eigenvalue weighted by Crippen LogP contribution is -2.45. The summed E-state index contributed by atoms with van der Waals surface area (Å²) in [5, 5.41) is 9.01. The Balaban J connectivity index is 1.32. The highest BCUT2D eigenvalue weighted by Gasteiger charge is 2.21. The third-order valence-corrected chi connectivity index (χ3v) is 6.28. The molecule has 0 amide bonds. The van der Waals surface area contributed by atoms with E-state index in [2.05, 4.69) is 38.9 Å². The Morgan fingerprint density at radius 1 is 1.25 bits per heavy atom. The smallest absolute Gasteiger partial charge is 0.195 e. The van der Waals surface area contributed by atoms with Crippen molar-refractivity contribution < 1.29 is 9.47 Å². The number of ether oxygens (including phenoxy) is 2. The number of hydrogen-bond donors (Lipinski definition) is 2. The van der Waals surface area contributed by atoms with E-state index in [9.17, 15) is 0 Å². The summed E-state index contributed by atoms with van der Waals surface area (Å²) in [5.74, 6) is 2.35. The largest absolute Gasteiger partial charge is 0.490 e. The molecule has 1 unspecified atom stereocenters. The summed E-state index contributed by atoms with van der Waals surface area (Å²) >= 11 is 1.88. The quantitative estimate of drug-likeness (QED) is 0.609. The molecule has 2 aliphatic rings. The van der Waals surface area contributed by atoms with Crippen molar-refractivity contribution in [2.24, 2.45) is 4.99 Å². The average molecular weight is 401 g/mol. The summed E-state index contributed by atoms with van der Waals surface area (Å²) in [6, 6.07) is 8.60. The van der Waals surface area contributed by atoms with Crippen LogP contribution >= 0.6 is 11.3 Å². The van der Waals surface area contributed by atoms with E-state index in [1.54, 1.807) is 11.9 Å². The SMILES string of the molecule is CN=C(NCC(C)N1CCc2sccc2C1)Nc1ccc2c(c1)OCCCO2.